The molecule has 2 heteroatoms. The largest absolute Gasteiger partial charge is 0.286 e. The van der Waals surface area contributed by atoms with Crippen molar-refractivity contribution in [3.05, 3.63) is 120 Å². The van der Waals surface area contributed by atoms with Gasteiger partial charge in [-0.25, -0.2) is 4.98 Å². The number of pyridine rings is 1. The smallest absolute Gasteiger partial charge is 0.138 e. The summed E-state index contributed by atoms with van der Waals surface area (Å²) < 4.78 is 2.17. The van der Waals surface area contributed by atoms with E-state index in [9.17, 15) is 0 Å². The van der Waals surface area contributed by atoms with Crippen molar-refractivity contribution in [2.45, 2.75) is 13.8 Å². The minimum Gasteiger partial charge on any atom is -0.286 e. The van der Waals surface area contributed by atoms with Gasteiger partial charge in [0, 0.05) is 16.6 Å². The van der Waals surface area contributed by atoms with Crippen molar-refractivity contribution in [3.63, 3.8) is 0 Å². The van der Waals surface area contributed by atoms with Gasteiger partial charge in [-0.05, 0) is 66.8 Å². The maximum Gasteiger partial charge on any atom is 0.138 e. The Morgan fingerprint density at radius 1 is 0.645 bits per heavy atom. The van der Waals surface area contributed by atoms with E-state index in [-0.39, 0.29) is 0 Å². The van der Waals surface area contributed by atoms with E-state index in [2.05, 4.69) is 96.1 Å². The summed E-state index contributed by atoms with van der Waals surface area (Å²) in [5.74, 6) is 7.70. The van der Waals surface area contributed by atoms with Gasteiger partial charge in [-0.15, -0.1) is 0 Å². The molecule has 0 spiro atoms. The van der Waals surface area contributed by atoms with Gasteiger partial charge in [-0.2, -0.15) is 0 Å². The van der Waals surface area contributed by atoms with Gasteiger partial charge in [0.15, 0.2) is 0 Å². The van der Waals surface area contributed by atoms with Crippen LogP contribution in [0, 0.1) is 25.7 Å². The van der Waals surface area contributed by atoms with Gasteiger partial charge in [0.05, 0.1) is 5.52 Å². The molecule has 0 bridgehead atoms. The SMILES string of the molecule is Cc1cccc(-n2c(C#Cc3ccc(-c4ccccc4)cc3)c(C)c3ccccc32)n1. The average molecular weight is 399 g/mol. The number of aryl methyl sites for hydroxylation is 2. The molecular weight excluding hydrogens is 376 g/mol. The first kappa shape index (κ1) is 18.9. The minimum atomic E-state index is 0.896. The van der Waals surface area contributed by atoms with Crippen LogP contribution in [0.25, 0.3) is 27.8 Å². The molecule has 0 aliphatic rings. The molecule has 5 rings (SSSR count). The molecule has 0 atom stereocenters. The zero-order valence-corrected chi connectivity index (χ0v) is 17.6. The molecule has 0 radical (unpaired) electrons. The van der Waals surface area contributed by atoms with Crippen LogP contribution in [0.1, 0.15) is 22.5 Å². The molecule has 5 aromatic rings. The molecule has 0 unspecified atom stereocenters. The Bertz CT molecular complexity index is 1430. The Balaban J connectivity index is 1.60. The Morgan fingerprint density at radius 2 is 1.35 bits per heavy atom. The number of para-hydroxylation sites is 1. The first-order valence-corrected chi connectivity index (χ1v) is 10.4. The number of rotatable bonds is 2. The van der Waals surface area contributed by atoms with Gasteiger partial charge in [-0.1, -0.05) is 72.7 Å². The number of nitrogens with zero attached hydrogens (tertiary/aromatic N) is 2. The summed E-state index contributed by atoms with van der Waals surface area (Å²) in [5.41, 5.74) is 7.67. The van der Waals surface area contributed by atoms with Gasteiger partial charge in [0.1, 0.15) is 11.5 Å². The topological polar surface area (TPSA) is 17.8 Å². The molecule has 0 saturated carbocycles. The van der Waals surface area contributed by atoms with E-state index in [1.54, 1.807) is 0 Å². The summed E-state index contributed by atoms with van der Waals surface area (Å²) in [6.07, 6.45) is 0. The van der Waals surface area contributed by atoms with Gasteiger partial charge in [-0.3, -0.25) is 4.57 Å². The second-order valence-electron chi connectivity index (χ2n) is 7.66. The first-order chi connectivity index (χ1) is 15.2. The number of fused-ring (bicyclic) bond motifs is 1. The van der Waals surface area contributed by atoms with E-state index >= 15 is 0 Å². The molecular formula is C29H22N2. The molecule has 3 aromatic carbocycles. The zero-order chi connectivity index (χ0) is 21.2. The fourth-order valence-corrected chi connectivity index (χ4v) is 3.95. The third-order valence-corrected chi connectivity index (χ3v) is 5.55. The molecule has 0 aliphatic heterocycles. The maximum atomic E-state index is 4.76. The van der Waals surface area contributed by atoms with Crippen LogP contribution in [0.2, 0.25) is 0 Å². The normalized spacial score (nSPS) is 10.6. The van der Waals surface area contributed by atoms with Crippen LogP contribution >= 0.6 is 0 Å². The van der Waals surface area contributed by atoms with Crippen LogP contribution in [0.3, 0.4) is 0 Å². The molecule has 0 fully saturated rings. The van der Waals surface area contributed by atoms with Crippen LogP contribution in [0.4, 0.5) is 0 Å². The van der Waals surface area contributed by atoms with Gasteiger partial charge in [0.25, 0.3) is 0 Å². The maximum absolute atomic E-state index is 4.76. The Kier molecular flexibility index (Phi) is 4.86. The number of aromatic nitrogens is 2. The van der Waals surface area contributed by atoms with Crippen LogP contribution in [0.15, 0.2) is 97.1 Å². The van der Waals surface area contributed by atoms with E-state index < -0.39 is 0 Å². The predicted molar refractivity (Wildman–Crippen MR) is 128 cm³/mol. The van der Waals surface area contributed by atoms with Crippen molar-refractivity contribution in [1.29, 1.82) is 0 Å². The average Bonchev–Trinajstić information content (AvgIpc) is 3.10. The molecule has 2 aromatic heterocycles. The second kappa shape index (κ2) is 7.97. The minimum absolute atomic E-state index is 0.896. The number of hydrogen-bond acceptors (Lipinski definition) is 1. The van der Waals surface area contributed by atoms with Crippen LogP contribution in [-0.2, 0) is 0 Å². The Labute approximate surface area is 182 Å². The van der Waals surface area contributed by atoms with Crippen LogP contribution in [-0.4, -0.2) is 9.55 Å². The van der Waals surface area contributed by atoms with E-state index in [0.717, 1.165) is 28.3 Å². The lowest BCUT2D eigenvalue weighted by Crippen LogP contribution is -2.01. The highest BCUT2D eigenvalue weighted by molar-refractivity contribution is 5.88. The number of hydrogen-bond donors (Lipinski definition) is 0. The highest BCUT2D eigenvalue weighted by atomic mass is 15.1. The standard InChI is InChI=1S/C29H22N2/c1-21-9-8-14-29(30-21)31-27(22(2)26-12-6-7-13-28(26)31)20-17-23-15-18-25(19-16-23)24-10-4-3-5-11-24/h3-16,18-19H,1-2H3. The van der Waals surface area contributed by atoms with E-state index in [4.69, 9.17) is 4.98 Å². The van der Waals surface area contributed by atoms with Gasteiger partial charge in [0.2, 0.25) is 0 Å². The number of benzene rings is 3. The summed E-state index contributed by atoms with van der Waals surface area (Å²) in [6.45, 7) is 4.15. The van der Waals surface area contributed by atoms with Crippen molar-refractivity contribution in [1.82, 2.24) is 9.55 Å². The van der Waals surface area contributed by atoms with E-state index in [1.165, 1.54) is 22.1 Å². The summed E-state index contributed by atoms with van der Waals surface area (Å²) in [5, 5.41) is 1.20. The lowest BCUT2D eigenvalue weighted by molar-refractivity contribution is 0.999. The second-order valence-corrected chi connectivity index (χ2v) is 7.66. The molecule has 0 aliphatic carbocycles. The molecule has 148 valence electrons. The summed E-state index contributed by atoms with van der Waals surface area (Å²) in [7, 11) is 0. The van der Waals surface area contributed by atoms with E-state index in [0.29, 0.717) is 0 Å². The fraction of sp³-hybridized carbons (Fsp3) is 0.0690. The molecule has 0 amide bonds. The highest BCUT2D eigenvalue weighted by Gasteiger charge is 2.14. The third kappa shape index (κ3) is 3.63. The first-order valence-electron chi connectivity index (χ1n) is 10.4. The molecule has 2 nitrogen and oxygen atoms in total. The monoisotopic (exact) mass is 398 g/mol. The summed E-state index contributed by atoms with van der Waals surface area (Å²) in [4.78, 5) is 4.76. The Hall–Kier alpha value is -4.09. The predicted octanol–water partition coefficient (Wildman–Crippen LogP) is 6.71. The van der Waals surface area contributed by atoms with Crippen molar-refractivity contribution in [2.75, 3.05) is 0 Å². The highest BCUT2D eigenvalue weighted by Crippen LogP contribution is 2.28. The fourth-order valence-electron chi connectivity index (χ4n) is 3.95. The molecule has 0 saturated heterocycles. The summed E-state index contributed by atoms with van der Waals surface area (Å²) >= 11 is 0. The molecule has 31 heavy (non-hydrogen) atoms. The summed E-state index contributed by atoms with van der Waals surface area (Å²) in [6, 6.07) is 33.3. The van der Waals surface area contributed by atoms with Crippen molar-refractivity contribution < 1.29 is 0 Å². The quantitative estimate of drug-likeness (QED) is 0.302. The molecule has 2 heterocycles. The zero-order valence-electron chi connectivity index (χ0n) is 17.6. The Morgan fingerprint density at radius 3 is 2.13 bits per heavy atom. The third-order valence-electron chi connectivity index (χ3n) is 5.55. The van der Waals surface area contributed by atoms with Crippen LogP contribution < -0.4 is 0 Å². The van der Waals surface area contributed by atoms with Gasteiger partial charge >= 0.3 is 0 Å². The lowest BCUT2D eigenvalue weighted by Gasteiger charge is -2.07. The molecule has 0 N–H and O–H groups in total. The van der Waals surface area contributed by atoms with Crippen molar-refractivity contribution in [2.24, 2.45) is 0 Å². The van der Waals surface area contributed by atoms with Crippen molar-refractivity contribution in [3.8, 4) is 28.8 Å². The van der Waals surface area contributed by atoms with E-state index in [1.807, 2.05) is 31.2 Å². The van der Waals surface area contributed by atoms with Crippen LogP contribution in [0.5, 0.6) is 0 Å². The lowest BCUT2D eigenvalue weighted by atomic mass is 10.0. The van der Waals surface area contributed by atoms with Crippen molar-refractivity contribution >= 4 is 10.9 Å². The van der Waals surface area contributed by atoms with Gasteiger partial charge < -0.3 is 0 Å².